The molecule has 0 unspecified atom stereocenters. The summed E-state index contributed by atoms with van der Waals surface area (Å²) in [4.78, 5) is 13.5. The van der Waals surface area contributed by atoms with Gasteiger partial charge in [-0.25, -0.2) is 17.5 Å². The third kappa shape index (κ3) is 54.5. The summed E-state index contributed by atoms with van der Waals surface area (Å²) in [5, 5.41) is 12.6. The first-order chi connectivity index (χ1) is 37.3. The Balaban J connectivity index is -0.000000366. The minimum absolute atomic E-state index is 0. The third-order valence-corrected chi connectivity index (χ3v) is 13.0. The molecule has 0 bridgehead atoms. The zero-order valence-corrected chi connectivity index (χ0v) is 71.0. The van der Waals surface area contributed by atoms with Crippen molar-refractivity contribution in [3.8, 4) is 0 Å². The van der Waals surface area contributed by atoms with E-state index in [1.807, 2.05) is 48.5 Å². The first-order valence-corrected chi connectivity index (χ1v) is 39.7. The summed E-state index contributed by atoms with van der Waals surface area (Å²) in [5.74, 6) is 1.20. The van der Waals surface area contributed by atoms with Gasteiger partial charge in [-0.15, -0.1) is 5.57 Å². The Bertz CT molecular complexity index is 2130. The van der Waals surface area contributed by atoms with Gasteiger partial charge in [-0.3, -0.25) is 4.99 Å². The van der Waals surface area contributed by atoms with Gasteiger partial charge in [-0.1, -0.05) is 263 Å². The maximum Gasteiger partial charge on any atom is 1.00 e. The summed E-state index contributed by atoms with van der Waals surface area (Å²) >= 11 is 116. The monoisotopic (exact) mass is 1900 g/mol. The first-order valence-electron chi connectivity index (χ1n) is 24.4. The van der Waals surface area contributed by atoms with Crippen LogP contribution >= 0.6 is 275 Å². The molecule has 0 atom stereocenters. The molecule has 2 aliphatic heterocycles. The molecule has 0 aromatic rings. The van der Waals surface area contributed by atoms with E-state index in [1.165, 1.54) is 19.4 Å². The van der Waals surface area contributed by atoms with Crippen LogP contribution in [0.5, 0.6) is 0 Å². The Kier molecular flexibility index (Phi) is 53.2. The molecule has 38 heteroatoms. The number of allylic oxidation sites excluding steroid dienone is 4. The van der Waals surface area contributed by atoms with Crippen molar-refractivity contribution in [1.29, 1.82) is 0 Å². The van der Waals surface area contributed by atoms with Crippen molar-refractivity contribution < 1.29 is 99.1 Å². The minimum atomic E-state index is -1.58. The second-order valence-electron chi connectivity index (χ2n) is 20.1. The van der Waals surface area contributed by atoms with Gasteiger partial charge in [-0.05, 0) is 131 Å². The molecule has 0 aromatic heterocycles. The molecule has 1 aliphatic carbocycles. The Labute approximate surface area is 668 Å². The van der Waals surface area contributed by atoms with Crippen molar-refractivity contribution in [2.45, 2.75) is 172 Å². The number of hydrogen-bond acceptors (Lipinski definition) is 12. The fourth-order valence-electron chi connectivity index (χ4n) is 6.78. The van der Waals surface area contributed by atoms with Crippen LogP contribution in [-0.4, -0.2) is 134 Å². The molecule has 0 radical (unpaired) electrons. The topological polar surface area (TPSA) is 134 Å². The molecule has 2 heterocycles. The van der Waals surface area contributed by atoms with E-state index >= 15 is 0 Å². The van der Waals surface area contributed by atoms with Crippen LogP contribution < -0.4 is 59.8 Å². The molecule has 0 saturated carbocycles. The van der Waals surface area contributed by atoms with Crippen LogP contribution in [0.2, 0.25) is 0 Å². The largest absolute Gasteiger partial charge is 1.00 e. The summed E-state index contributed by atoms with van der Waals surface area (Å²) in [6, 6.07) is 0. The predicted octanol–water partition coefficient (Wildman–Crippen LogP) is 13.0. The molecule has 0 spiro atoms. The second kappa shape index (κ2) is 46.2. The number of hydrogen-bond donors (Lipinski definition) is 0. The molecule has 498 valence electrons. The molecule has 3 aliphatic rings. The van der Waals surface area contributed by atoms with E-state index < -0.39 is 47.4 Å². The van der Waals surface area contributed by atoms with Gasteiger partial charge in [0, 0.05) is 29.5 Å². The summed E-state index contributed by atoms with van der Waals surface area (Å²) in [6.45, 7) is 21.0. The van der Waals surface area contributed by atoms with Crippen LogP contribution in [0.1, 0.15) is 115 Å². The van der Waals surface area contributed by atoms with Crippen molar-refractivity contribution >= 4 is 293 Å². The van der Waals surface area contributed by atoms with E-state index in [4.69, 9.17) is 247 Å². The number of alkyl halides is 19. The molecule has 3 rings (SSSR count). The van der Waals surface area contributed by atoms with Crippen LogP contribution in [0.4, 0.5) is 0 Å². The van der Waals surface area contributed by atoms with E-state index in [9.17, 15) is 5.11 Å². The molecule has 0 amide bonds. The van der Waals surface area contributed by atoms with Crippen molar-refractivity contribution in [3.63, 3.8) is 0 Å². The molecule has 0 N–H and O–H groups in total. The van der Waals surface area contributed by atoms with Gasteiger partial charge in [0.1, 0.15) is 23.1 Å². The standard InChI is InChI=1S/C16H22BrCl6NO3.2C16H22Cl6NO3.Br3P.BrH.2Li.H/c1-10(6-17)11(13-24-14(2,3)7-27-13)4-5-12(25-8-15(18,19)20)26-9-16(21,22)23;1-10(2)11(13-23-14(3,4)7-26-13)5-6-12(24-8-15(17,18)19)25-9-16(20,21)22;1-10-4-6-12(23-14(2,3)24)11(10)5-7-13(25-8-15(17,18)19)26-9-16(20,21)22;1-4(2)3;;;;/h12H,4-9H2,1-3H3;12H,1,5-9H2,2-4H3;13H,4-9H2,1-3H3;;1H;;;/q;2*-1;;;2*+1;-1/p-1/b11-10-;11-10+;;;;;;. The maximum atomic E-state index is 11.9. The zero-order chi connectivity index (χ0) is 64.8. The summed E-state index contributed by atoms with van der Waals surface area (Å²) in [5.41, 5.74) is 4.91. The van der Waals surface area contributed by atoms with Crippen molar-refractivity contribution in [1.82, 2.24) is 0 Å². The van der Waals surface area contributed by atoms with Crippen molar-refractivity contribution in [3.05, 3.63) is 40.4 Å². The van der Waals surface area contributed by atoms with Crippen molar-refractivity contribution in [2.75, 3.05) is 58.2 Å². The van der Waals surface area contributed by atoms with E-state index in [-0.39, 0.29) is 111 Å². The Hall–Kier alpha value is 6.66. The van der Waals surface area contributed by atoms with Gasteiger partial charge < -0.3 is 66.4 Å². The quantitative estimate of drug-likeness (QED) is 0.0288. The molecule has 86 heavy (non-hydrogen) atoms. The first kappa shape index (κ1) is 99.0. The van der Waals surface area contributed by atoms with Gasteiger partial charge in [0.25, 0.3) is 0 Å². The molecular formula is C48H67Br5Cl18Li2N3O9P-2. The molecule has 12 nitrogen and oxygen atoms in total. The average Bonchev–Trinajstić information content (AvgIpc) is 4.06. The molecule has 0 saturated heterocycles. The Morgan fingerprint density at radius 1 is 0.605 bits per heavy atom. The van der Waals surface area contributed by atoms with Gasteiger partial charge in [0.05, 0.1) is 50.7 Å². The summed E-state index contributed by atoms with van der Waals surface area (Å²) in [7, 11) is 0. The van der Waals surface area contributed by atoms with E-state index in [1.54, 1.807) is 0 Å². The second-order valence-corrected chi connectivity index (χ2v) is 51.1. The van der Waals surface area contributed by atoms with E-state index in [2.05, 4.69) is 84.3 Å². The number of ether oxygens (including phenoxy) is 8. The van der Waals surface area contributed by atoms with Crippen LogP contribution in [0.3, 0.4) is 0 Å². The van der Waals surface area contributed by atoms with Gasteiger partial charge >= 0.3 is 37.7 Å². The van der Waals surface area contributed by atoms with Crippen LogP contribution in [0.25, 0.3) is 0 Å². The SMILES string of the molecule is BrP(Br)Br.C/C(CBr)=C(\CCC(OCC(Cl)(Cl)Cl)OCC(Cl)(Cl)Cl)C1=NC(C)(C)CO1.CC1=C(CCC(OCC(Cl)(Cl)Cl)OCC(Cl)(Cl)Cl)C(=NC(C)(C)[O-])CC1.[Br-].[CH2-]/C(C)=C(/CCC(OCC(Cl)(Cl)Cl)OCC(Cl)(Cl)Cl)C1=NC(C)(C)CO1.[H-].[Li+].[Li+]. The van der Waals surface area contributed by atoms with E-state index in [0.29, 0.717) is 68.9 Å². The summed E-state index contributed by atoms with van der Waals surface area (Å²) in [6.07, 6.45) is 2.37. The van der Waals surface area contributed by atoms with Crippen LogP contribution in [-0.2, 0) is 37.9 Å². The number of nitrogens with zero attached hydrogens (tertiary/aromatic N) is 3. The van der Waals surface area contributed by atoms with Crippen molar-refractivity contribution in [2.24, 2.45) is 15.0 Å². The minimum Gasteiger partial charge on any atom is -1.00 e. The normalized spacial score (nSPS) is 17.4. The summed E-state index contributed by atoms with van der Waals surface area (Å²) < 4.78 is 35.0. The van der Waals surface area contributed by atoms with Gasteiger partial charge in [0.2, 0.25) is 28.7 Å². The smallest absolute Gasteiger partial charge is 1.00 e. The molecular weight excluding hydrogens is 1850 g/mol. The predicted molar refractivity (Wildman–Crippen MR) is 374 cm³/mol. The number of rotatable bonds is 25. The fourth-order valence-corrected chi connectivity index (χ4v) is 8.25. The molecule has 0 fully saturated rings. The van der Waals surface area contributed by atoms with Gasteiger partial charge in [0.15, 0.2) is 18.9 Å². The van der Waals surface area contributed by atoms with E-state index in [0.717, 1.165) is 46.4 Å². The zero-order valence-electron chi connectivity index (χ0n) is 49.6. The van der Waals surface area contributed by atoms with Crippen LogP contribution in [0.15, 0.2) is 48.4 Å². The maximum absolute atomic E-state index is 11.9. The fraction of sp³-hybridized carbons (Fsp3) is 0.792. The molecule has 0 aromatic carbocycles. The number of aliphatic imine (C=N–C) groups is 3. The number of halogens is 23. The Morgan fingerprint density at radius 3 is 1.15 bits per heavy atom. The van der Waals surface area contributed by atoms with Gasteiger partial charge in [-0.2, -0.15) is 0 Å². The average molecular weight is 1910 g/mol. The third-order valence-electron chi connectivity index (χ3n) is 10.2. The Morgan fingerprint density at radius 2 is 0.895 bits per heavy atom. The van der Waals surface area contributed by atoms with Crippen LogP contribution in [0, 0.1) is 6.92 Å².